The van der Waals surface area contributed by atoms with Crippen LogP contribution in [0.3, 0.4) is 0 Å². The zero-order valence-corrected chi connectivity index (χ0v) is 12.5. The summed E-state index contributed by atoms with van der Waals surface area (Å²) >= 11 is 0. The van der Waals surface area contributed by atoms with Gasteiger partial charge in [0.2, 0.25) is 0 Å². The lowest BCUT2D eigenvalue weighted by atomic mass is 10.1. The second-order valence-corrected chi connectivity index (χ2v) is 4.54. The number of hydrogen-bond donors (Lipinski definition) is 0. The van der Waals surface area contributed by atoms with Gasteiger partial charge in [-0.25, -0.2) is 4.79 Å². The van der Waals surface area contributed by atoms with Crippen LogP contribution in [0.1, 0.15) is 25.8 Å². The number of nitro benzene ring substituents is 1. The van der Waals surface area contributed by atoms with Crippen molar-refractivity contribution in [3.05, 3.63) is 33.4 Å². The number of nitrogens with zero attached hydrogens (tertiary/aromatic N) is 1. The molecule has 0 amide bonds. The molecule has 0 aliphatic carbocycles. The standard InChI is InChI=1S/C15H17NO6/c1-3-20-13-8-11(7-10-5-6-22-15(10)17)12(16(18)19)9-14(13)21-4-2/h7-9H,3-6H2,1-2H3. The number of carbonyl (C=O) groups excluding carboxylic acids is 1. The molecule has 0 spiro atoms. The molecular formula is C15H17NO6. The lowest BCUT2D eigenvalue weighted by Gasteiger charge is -2.12. The first kappa shape index (κ1) is 15.8. The van der Waals surface area contributed by atoms with Crippen LogP contribution >= 0.6 is 0 Å². The molecule has 0 unspecified atom stereocenters. The van der Waals surface area contributed by atoms with Crippen LogP contribution in [0.25, 0.3) is 6.08 Å². The normalized spacial score (nSPS) is 15.7. The molecule has 22 heavy (non-hydrogen) atoms. The van der Waals surface area contributed by atoms with Crippen LogP contribution in [0.5, 0.6) is 11.5 Å². The first-order valence-corrected chi connectivity index (χ1v) is 7.02. The van der Waals surface area contributed by atoms with Crippen LogP contribution in [0.4, 0.5) is 5.69 Å². The van der Waals surface area contributed by atoms with E-state index in [9.17, 15) is 14.9 Å². The van der Waals surface area contributed by atoms with E-state index in [-0.39, 0.29) is 5.69 Å². The number of esters is 1. The second kappa shape index (κ2) is 6.93. The van der Waals surface area contributed by atoms with Gasteiger partial charge in [-0.2, -0.15) is 0 Å². The number of carbonyl (C=O) groups is 1. The predicted molar refractivity (Wildman–Crippen MR) is 79.0 cm³/mol. The van der Waals surface area contributed by atoms with Crippen molar-refractivity contribution in [1.82, 2.24) is 0 Å². The van der Waals surface area contributed by atoms with Crippen molar-refractivity contribution in [2.24, 2.45) is 0 Å². The highest BCUT2D eigenvalue weighted by Crippen LogP contribution is 2.36. The summed E-state index contributed by atoms with van der Waals surface area (Å²) in [5.41, 5.74) is 0.569. The van der Waals surface area contributed by atoms with Gasteiger partial charge in [0, 0.05) is 12.0 Å². The number of cyclic esters (lactones) is 1. The van der Waals surface area contributed by atoms with Crippen molar-refractivity contribution in [3.63, 3.8) is 0 Å². The number of hydrogen-bond acceptors (Lipinski definition) is 6. The van der Waals surface area contributed by atoms with E-state index < -0.39 is 10.9 Å². The summed E-state index contributed by atoms with van der Waals surface area (Å²) in [7, 11) is 0. The highest BCUT2D eigenvalue weighted by molar-refractivity contribution is 5.96. The Balaban J connectivity index is 2.52. The lowest BCUT2D eigenvalue weighted by molar-refractivity contribution is -0.385. The van der Waals surface area contributed by atoms with Gasteiger partial charge in [0.1, 0.15) is 0 Å². The van der Waals surface area contributed by atoms with Crippen molar-refractivity contribution in [1.29, 1.82) is 0 Å². The number of benzene rings is 1. The third-order valence-electron chi connectivity index (χ3n) is 3.09. The minimum atomic E-state index is -0.509. The number of nitro groups is 1. The van der Waals surface area contributed by atoms with Crippen LogP contribution in [0.15, 0.2) is 17.7 Å². The maximum atomic E-state index is 11.5. The quantitative estimate of drug-likeness (QED) is 0.347. The van der Waals surface area contributed by atoms with Gasteiger partial charge in [0.25, 0.3) is 5.69 Å². The summed E-state index contributed by atoms with van der Waals surface area (Å²) in [5, 5.41) is 11.3. The molecule has 0 atom stereocenters. The summed E-state index contributed by atoms with van der Waals surface area (Å²) in [6, 6.07) is 2.84. The molecule has 7 heteroatoms. The van der Waals surface area contributed by atoms with Gasteiger partial charge in [-0.15, -0.1) is 0 Å². The summed E-state index contributed by atoms with van der Waals surface area (Å²) in [6.45, 7) is 4.66. The van der Waals surface area contributed by atoms with Crippen molar-refractivity contribution < 1.29 is 23.9 Å². The summed E-state index contributed by atoms with van der Waals surface area (Å²) in [5.74, 6) is 0.279. The monoisotopic (exact) mass is 307 g/mol. The molecule has 1 fully saturated rings. The molecule has 0 N–H and O–H groups in total. The second-order valence-electron chi connectivity index (χ2n) is 4.54. The van der Waals surface area contributed by atoms with Gasteiger partial charge in [0.05, 0.1) is 36.4 Å². The Morgan fingerprint density at radius 2 is 1.91 bits per heavy atom. The third-order valence-corrected chi connectivity index (χ3v) is 3.09. The number of ether oxygens (including phenoxy) is 3. The van der Waals surface area contributed by atoms with E-state index in [4.69, 9.17) is 14.2 Å². The zero-order valence-electron chi connectivity index (χ0n) is 12.5. The lowest BCUT2D eigenvalue weighted by Crippen LogP contribution is -2.02. The fourth-order valence-corrected chi connectivity index (χ4v) is 2.14. The van der Waals surface area contributed by atoms with E-state index in [2.05, 4.69) is 0 Å². The van der Waals surface area contributed by atoms with E-state index in [1.165, 1.54) is 18.2 Å². The van der Waals surface area contributed by atoms with E-state index in [1.807, 2.05) is 6.92 Å². The van der Waals surface area contributed by atoms with Crippen molar-refractivity contribution in [2.75, 3.05) is 19.8 Å². The molecule has 0 saturated carbocycles. The molecular weight excluding hydrogens is 290 g/mol. The minimum absolute atomic E-state index is 0.140. The fourth-order valence-electron chi connectivity index (χ4n) is 2.14. The largest absolute Gasteiger partial charge is 0.490 e. The maximum Gasteiger partial charge on any atom is 0.334 e. The highest BCUT2D eigenvalue weighted by atomic mass is 16.6. The van der Waals surface area contributed by atoms with Gasteiger partial charge < -0.3 is 14.2 Å². The Labute approximate surface area is 127 Å². The minimum Gasteiger partial charge on any atom is -0.490 e. The molecule has 1 aromatic carbocycles. The molecule has 1 aromatic rings. The first-order chi connectivity index (χ1) is 10.6. The summed E-state index contributed by atoms with van der Waals surface area (Å²) in [6.07, 6.45) is 1.92. The molecule has 1 heterocycles. The van der Waals surface area contributed by atoms with Crippen LogP contribution < -0.4 is 9.47 Å². The molecule has 1 saturated heterocycles. The molecule has 0 aromatic heterocycles. The van der Waals surface area contributed by atoms with Crippen molar-refractivity contribution in [2.45, 2.75) is 20.3 Å². The van der Waals surface area contributed by atoms with Gasteiger partial charge in [-0.05, 0) is 26.0 Å². The van der Waals surface area contributed by atoms with Gasteiger partial charge in [-0.1, -0.05) is 0 Å². The van der Waals surface area contributed by atoms with Crippen molar-refractivity contribution >= 4 is 17.7 Å². The van der Waals surface area contributed by atoms with E-state index >= 15 is 0 Å². The molecule has 1 aliphatic rings. The summed E-state index contributed by atoms with van der Waals surface area (Å²) < 4.78 is 15.7. The van der Waals surface area contributed by atoms with Crippen LogP contribution in [0.2, 0.25) is 0 Å². The first-order valence-electron chi connectivity index (χ1n) is 7.02. The fraction of sp³-hybridized carbons (Fsp3) is 0.400. The number of rotatable bonds is 6. The average molecular weight is 307 g/mol. The third kappa shape index (κ3) is 3.36. The highest BCUT2D eigenvalue weighted by Gasteiger charge is 2.23. The van der Waals surface area contributed by atoms with E-state index in [0.717, 1.165) is 0 Å². The maximum absolute atomic E-state index is 11.5. The van der Waals surface area contributed by atoms with Gasteiger partial charge in [0.15, 0.2) is 11.5 Å². The SMILES string of the molecule is CCOc1cc(C=C2CCOC2=O)c([N+](=O)[O-])cc1OCC. The van der Waals surface area contributed by atoms with Gasteiger partial charge in [-0.3, -0.25) is 10.1 Å². The summed E-state index contributed by atoms with van der Waals surface area (Å²) in [4.78, 5) is 22.3. The van der Waals surface area contributed by atoms with Crippen LogP contribution in [-0.2, 0) is 9.53 Å². The van der Waals surface area contributed by atoms with Crippen molar-refractivity contribution in [3.8, 4) is 11.5 Å². The Bertz CT molecular complexity index is 623. The molecule has 2 rings (SSSR count). The Kier molecular flexibility index (Phi) is 4.98. The average Bonchev–Trinajstić information content (AvgIpc) is 2.87. The van der Waals surface area contributed by atoms with E-state index in [0.29, 0.717) is 48.9 Å². The smallest absolute Gasteiger partial charge is 0.334 e. The Morgan fingerprint density at radius 1 is 1.27 bits per heavy atom. The van der Waals surface area contributed by atoms with Crippen LogP contribution in [-0.4, -0.2) is 30.7 Å². The molecule has 1 aliphatic heterocycles. The molecule has 0 bridgehead atoms. The topological polar surface area (TPSA) is 87.9 Å². The molecule has 7 nitrogen and oxygen atoms in total. The molecule has 118 valence electrons. The Hall–Kier alpha value is -2.57. The van der Waals surface area contributed by atoms with Gasteiger partial charge >= 0.3 is 5.97 Å². The molecule has 0 radical (unpaired) electrons. The van der Waals surface area contributed by atoms with E-state index in [1.54, 1.807) is 6.92 Å². The van der Waals surface area contributed by atoms with Crippen LogP contribution in [0, 0.1) is 10.1 Å². The predicted octanol–water partition coefficient (Wildman–Crippen LogP) is 2.72. The Morgan fingerprint density at radius 3 is 2.41 bits per heavy atom. The zero-order chi connectivity index (χ0) is 16.1.